The third kappa shape index (κ3) is 3.21. The lowest BCUT2D eigenvalue weighted by molar-refractivity contribution is 0.00302. The molecule has 4 heterocycles. The maximum atomic E-state index is 13.0. The molecule has 8 heteroatoms. The van der Waals surface area contributed by atoms with E-state index < -0.39 is 5.60 Å². The summed E-state index contributed by atoms with van der Waals surface area (Å²) in [6.45, 7) is 5.67. The Hall–Kier alpha value is -2.35. The summed E-state index contributed by atoms with van der Waals surface area (Å²) >= 11 is 3.54. The molecule has 0 aliphatic carbocycles. The van der Waals surface area contributed by atoms with E-state index in [0.717, 1.165) is 52.1 Å². The van der Waals surface area contributed by atoms with Gasteiger partial charge in [-0.15, -0.1) is 0 Å². The molecule has 2 atom stereocenters. The van der Waals surface area contributed by atoms with E-state index in [-0.39, 0.29) is 29.9 Å². The molecular formula is C22H25BrN4O3. The molecule has 2 aliphatic rings. The van der Waals surface area contributed by atoms with E-state index in [0.29, 0.717) is 0 Å². The Balaban J connectivity index is 1.54. The van der Waals surface area contributed by atoms with E-state index in [4.69, 9.17) is 4.74 Å². The van der Waals surface area contributed by atoms with Gasteiger partial charge in [-0.2, -0.15) is 0 Å². The summed E-state index contributed by atoms with van der Waals surface area (Å²) in [7, 11) is 0. The topological polar surface area (TPSA) is 80.2 Å². The van der Waals surface area contributed by atoms with Crippen molar-refractivity contribution in [2.45, 2.75) is 70.2 Å². The van der Waals surface area contributed by atoms with Gasteiger partial charge in [-0.1, -0.05) is 15.9 Å². The predicted molar refractivity (Wildman–Crippen MR) is 119 cm³/mol. The number of rotatable bonds is 1. The lowest BCUT2D eigenvalue weighted by Gasteiger charge is -2.39. The van der Waals surface area contributed by atoms with Crippen molar-refractivity contribution >= 4 is 44.0 Å². The maximum Gasteiger partial charge on any atom is 0.410 e. The number of halogens is 1. The predicted octanol–water partition coefficient (Wildman–Crippen LogP) is 4.74. The van der Waals surface area contributed by atoms with E-state index in [1.165, 1.54) is 0 Å². The number of piperidine rings is 1. The molecule has 158 valence electrons. The molecule has 2 bridgehead atoms. The van der Waals surface area contributed by atoms with Gasteiger partial charge in [0.1, 0.15) is 5.60 Å². The van der Waals surface area contributed by atoms with Crippen LogP contribution in [0.2, 0.25) is 0 Å². The number of amides is 1. The SMILES string of the molecule is CC(C)(C)OC(=O)N1C2CCC1CC(n1c(=O)[nH]c3cnc4ccc(Br)cc4c31)C2. The number of H-pyrrole nitrogens is 1. The smallest absolute Gasteiger partial charge is 0.410 e. The lowest BCUT2D eigenvalue weighted by Crippen LogP contribution is -2.49. The zero-order chi connectivity index (χ0) is 21.2. The first-order valence-corrected chi connectivity index (χ1v) is 11.2. The number of imidazole rings is 1. The number of ether oxygens (including phenoxy) is 1. The fraction of sp³-hybridized carbons (Fsp3) is 0.500. The van der Waals surface area contributed by atoms with Crippen LogP contribution in [0.3, 0.4) is 0 Å². The van der Waals surface area contributed by atoms with Gasteiger partial charge in [0.05, 0.1) is 22.7 Å². The van der Waals surface area contributed by atoms with Crippen LogP contribution < -0.4 is 5.69 Å². The van der Waals surface area contributed by atoms with Crippen molar-refractivity contribution in [2.24, 2.45) is 0 Å². The molecule has 2 fully saturated rings. The van der Waals surface area contributed by atoms with Gasteiger partial charge in [0.15, 0.2) is 0 Å². The zero-order valence-electron chi connectivity index (χ0n) is 17.3. The highest BCUT2D eigenvalue weighted by Gasteiger charge is 2.45. The second-order valence-electron chi connectivity index (χ2n) is 9.38. The molecule has 5 rings (SSSR count). The molecular weight excluding hydrogens is 448 g/mol. The number of carbonyl (C=O) groups is 1. The van der Waals surface area contributed by atoms with E-state index in [2.05, 4.69) is 25.9 Å². The summed E-state index contributed by atoms with van der Waals surface area (Å²) in [4.78, 5) is 35.1. The van der Waals surface area contributed by atoms with Crippen molar-refractivity contribution in [1.82, 2.24) is 19.4 Å². The lowest BCUT2D eigenvalue weighted by atomic mass is 9.97. The van der Waals surface area contributed by atoms with E-state index in [1.807, 2.05) is 48.4 Å². The Bertz CT molecular complexity index is 1190. The molecule has 0 saturated carbocycles. The monoisotopic (exact) mass is 472 g/mol. The third-order valence-electron chi connectivity index (χ3n) is 6.18. The fourth-order valence-electron chi connectivity index (χ4n) is 5.10. The molecule has 2 unspecified atom stereocenters. The van der Waals surface area contributed by atoms with Crippen LogP contribution in [0.4, 0.5) is 4.79 Å². The maximum absolute atomic E-state index is 13.0. The van der Waals surface area contributed by atoms with Gasteiger partial charge in [0, 0.05) is 28.0 Å². The average molecular weight is 473 g/mol. The van der Waals surface area contributed by atoms with Gasteiger partial charge in [0.2, 0.25) is 0 Å². The quantitative estimate of drug-likeness (QED) is 0.554. The average Bonchev–Trinajstić information content (AvgIpc) is 3.13. The molecule has 2 saturated heterocycles. The van der Waals surface area contributed by atoms with Crippen LogP contribution >= 0.6 is 15.9 Å². The number of benzene rings is 1. The summed E-state index contributed by atoms with van der Waals surface area (Å²) < 4.78 is 8.49. The number of carbonyl (C=O) groups excluding carboxylic acids is 1. The van der Waals surface area contributed by atoms with E-state index >= 15 is 0 Å². The van der Waals surface area contributed by atoms with Crippen LogP contribution in [0.5, 0.6) is 0 Å². The largest absolute Gasteiger partial charge is 0.444 e. The van der Waals surface area contributed by atoms with Gasteiger partial charge >= 0.3 is 11.8 Å². The van der Waals surface area contributed by atoms with Gasteiger partial charge in [0.25, 0.3) is 0 Å². The molecule has 2 aromatic heterocycles. The summed E-state index contributed by atoms with van der Waals surface area (Å²) in [5, 5.41) is 0.946. The molecule has 3 aromatic rings. The second-order valence-corrected chi connectivity index (χ2v) is 10.3. The van der Waals surface area contributed by atoms with Crippen molar-refractivity contribution in [3.8, 4) is 0 Å². The van der Waals surface area contributed by atoms with E-state index in [1.54, 1.807) is 6.20 Å². The Morgan fingerprint density at radius 1 is 1.20 bits per heavy atom. The van der Waals surface area contributed by atoms with Crippen LogP contribution in [-0.2, 0) is 4.74 Å². The molecule has 1 N–H and O–H groups in total. The molecule has 1 aromatic carbocycles. The van der Waals surface area contributed by atoms with Crippen LogP contribution in [-0.4, -0.2) is 43.2 Å². The summed E-state index contributed by atoms with van der Waals surface area (Å²) in [5.41, 5.74) is 1.86. The number of aromatic nitrogens is 3. The first-order valence-electron chi connectivity index (χ1n) is 10.4. The molecule has 1 amide bonds. The van der Waals surface area contributed by atoms with Gasteiger partial charge < -0.3 is 14.6 Å². The van der Waals surface area contributed by atoms with Crippen LogP contribution in [0.25, 0.3) is 21.9 Å². The minimum absolute atomic E-state index is 0.0343. The summed E-state index contributed by atoms with van der Waals surface area (Å²) in [6, 6.07) is 6.15. The van der Waals surface area contributed by atoms with Crippen molar-refractivity contribution in [2.75, 3.05) is 0 Å². The highest BCUT2D eigenvalue weighted by Crippen LogP contribution is 2.42. The zero-order valence-corrected chi connectivity index (χ0v) is 18.9. The molecule has 7 nitrogen and oxygen atoms in total. The van der Waals surface area contributed by atoms with Crippen LogP contribution in [0.1, 0.15) is 52.5 Å². The molecule has 0 radical (unpaired) electrons. The highest BCUT2D eigenvalue weighted by molar-refractivity contribution is 9.10. The number of aromatic amines is 1. The molecule has 2 aliphatic heterocycles. The van der Waals surface area contributed by atoms with Crippen molar-refractivity contribution < 1.29 is 9.53 Å². The molecule has 30 heavy (non-hydrogen) atoms. The number of nitrogens with zero attached hydrogens (tertiary/aromatic N) is 3. The van der Waals surface area contributed by atoms with Crippen molar-refractivity contribution in [1.29, 1.82) is 0 Å². The minimum atomic E-state index is -0.513. The first kappa shape index (κ1) is 19.6. The second kappa shape index (κ2) is 6.83. The van der Waals surface area contributed by atoms with Crippen molar-refractivity contribution in [3.05, 3.63) is 39.4 Å². The number of hydrogen-bond acceptors (Lipinski definition) is 4. The van der Waals surface area contributed by atoms with Gasteiger partial charge in [-0.3, -0.25) is 9.55 Å². The van der Waals surface area contributed by atoms with Crippen LogP contribution in [0, 0.1) is 0 Å². The summed E-state index contributed by atoms with van der Waals surface area (Å²) in [6.07, 6.45) is 4.89. The standard InChI is InChI=1S/C22H25BrN4O3/c1-22(2,3)30-21(29)26-13-5-6-14(26)10-15(9-13)27-19-16-8-12(23)4-7-17(16)24-11-18(19)25-20(27)28/h4,7-8,11,13-15H,5-6,9-10H2,1-3H3,(H,25,28). The van der Waals surface area contributed by atoms with Crippen molar-refractivity contribution in [3.63, 3.8) is 0 Å². The third-order valence-corrected chi connectivity index (χ3v) is 6.67. The normalized spacial score (nSPS) is 24.0. The number of pyridine rings is 1. The molecule has 0 spiro atoms. The Morgan fingerprint density at radius 2 is 1.90 bits per heavy atom. The Labute approximate surface area is 182 Å². The van der Waals surface area contributed by atoms with E-state index in [9.17, 15) is 9.59 Å². The van der Waals surface area contributed by atoms with Gasteiger partial charge in [-0.25, -0.2) is 9.59 Å². The Morgan fingerprint density at radius 3 is 2.57 bits per heavy atom. The number of hydrogen-bond donors (Lipinski definition) is 1. The fourth-order valence-corrected chi connectivity index (χ4v) is 5.46. The van der Waals surface area contributed by atoms with Gasteiger partial charge in [-0.05, 0) is 64.7 Å². The van der Waals surface area contributed by atoms with Crippen LogP contribution in [0.15, 0.2) is 33.7 Å². The Kier molecular flexibility index (Phi) is 4.47. The minimum Gasteiger partial charge on any atom is -0.444 e. The first-order chi connectivity index (χ1) is 14.2. The highest BCUT2D eigenvalue weighted by atomic mass is 79.9. The number of nitrogens with one attached hydrogen (secondary N) is 1. The number of fused-ring (bicyclic) bond motifs is 5. The summed E-state index contributed by atoms with van der Waals surface area (Å²) in [5.74, 6) is 0.